The monoisotopic (exact) mass is 516 g/mol. The van der Waals surface area contributed by atoms with Gasteiger partial charge in [-0.05, 0) is 42.7 Å². The first kappa shape index (κ1) is 27.2. The molecule has 0 unspecified atom stereocenters. The Kier molecular flexibility index (Phi) is 8.70. The van der Waals surface area contributed by atoms with Crippen LogP contribution >= 0.6 is 0 Å². The Morgan fingerprint density at radius 1 is 1.17 bits per heavy atom. The Bertz CT molecular complexity index is 1230. The maximum atomic E-state index is 12.8. The molecule has 2 N–H and O–H groups in total. The van der Waals surface area contributed by atoms with Crippen molar-refractivity contribution >= 4 is 27.7 Å². The normalized spacial score (nSPS) is 13.4. The lowest BCUT2D eigenvalue weighted by Gasteiger charge is -2.18. The third kappa shape index (κ3) is 6.41. The molecule has 11 heteroatoms. The molecule has 10 nitrogen and oxygen atoms in total. The first-order chi connectivity index (χ1) is 17.0. The topological polar surface area (TPSA) is 129 Å². The summed E-state index contributed by atoms with van der Waals surface area (Å²) >= 11 is 0. The summed E-state index contributed by atoms with van der Waals surface area (Å²) < 4.78 is 30.9. The number of amides is 2. The zero-order valence-electron chi connectivity index (χ0n) is 20.9. The highest BCUT2D eigenvalue weighted by atomic mass is 32.2. The molecule has 3 rings (SSSR count). The number of hydrogen-bond donors (Lipinski definition) is 2. The lowest BCUT2D eigenvalue weighted by molar-refractivity contribution is -0.130. The van der Waals surface area contributed by atoms with Crippen molar-refractivity contribution in [2.45, 2.75) is 31.7 Å². The van der Waals surface area contributed by atoms with Crippen molar-refractivity contribution in [1.82, 2.24) is 15.1 Å². The molecule has 36 heavy (non-hydrogen) atoms. The van der Waals surface area contributed by atoms with Crippen LogP contribution in [0.5, 0.6) is 5.75 Å². The lowest BCUT2D eigenvalue weighted by Crippen LogP contribution is -2.33. The molecule has 0 spiro atoms. The SMILES string of the molecule is COc1cc(C)c(S(=O)(=O)CNCCC(=O)N(C)Cc2ccc(C3=NCCN3C(=O)O)cc2)c(C)c1. The smallest absolute Gasteiger partial charge is 0.413 e. The summed E-state index contributed by atoms with van der Waals surface area (Å²) in [5.74, 6) is 0.642. The fourth-order valence-electron chi connectivity index (χ4n) is 4.19. The summed E-state index contributed by atoms with van der Waals surface area (Å²) in [7, 11) is -0.355. The van der Waals surface area contributed by atoms with E-state index in [1.165, 1.54) is 12.0 Å². The molecule has 2 amide bonds. The summed E-state index contributed by atoms with van der Waals surface area (Å²) in [4.78, 5) is 31.2. The summed E-state index contributed by atoms with van der Waals surface area (Å²) in [6.07, 6.45) is -0.883. The molecule has 0 radical (unpaired) electrons. The van der Waals surface area contributed by atoms with E-state index in [4.69, 9.17) is 4.74 Å². The number of methoxy groups -OCH3 is 1. The van der Waals surface area contributed by atoms with Crippen LogP contribution in [0.25, 0.3) is 0 Å². The van der Waals surface area contributed by atoms with Gasteiger partial charge in [0, 0.05) is 32.1 Å². The molecule has 1 aliphatic rings. The van der Waals surface area contributed by atoms with Crippen LogP contribution in [0.15, 0.2) is 46.3 Å². The van der Waals surface area contributed by atoms with E-state index in [0.29, 0.717) is 47.9 Å². The standard InChI is InChI=1S/C25H32N4O6S/c1-17-13-21(35-4)14-18(2)23(17)36(33,34)16-26-10-9-22(30)28(3)15-19-5-7-20(8-6-19)24-27-11-12-29(24)25(31)32/h5-8,13-14,26H,9-12,15-16H2,1-4H3,(H,31,32). The second-order valence-corrected chi connectivity index (χ2v) is 10.6. The van der Waals surface area contributed by atoms with Gasteiger partial charge in [-0.1, -0.05) is 24.3 Å². The number of sulfone groups is 1. The number of carboxylic acid groups (broad SMARTS) is 1. The number of ether oxygens (including phenoxy) is 1. The molecular formula is C25H32N4O6S. The van der Waals surface area contributed by atoms with Gasteiger partial charge in [-0.25, -0.2) is 13.2 Å². The molecule has 0 bridgehead atoms. The lowest BCUT2D eigenvalue weighted by atomic mass is 10.1. The third-order valence-corrected chi connectivity index (χ3v) is 7.77. The van der Waals surface area contributed by atoms with Crippen LogP contribution in [0, 0.1) is 13.8 Å². The van der Waals surface area contributed by atoms with E-state index in [0.717, 1.165) is 5.56 Å². The van der Waals surface area contributed by atoms with Gasteiger partial charge in [-0.3, -0.25) is 14.7 Å². The van der Waals surface area contributed by atoms with E-state index in [1.807, 2.05) is 12.1 Å². The van der Waals surface area contributed by atoms with Crippen molar-refractivity contribution in [2.75, 3.05) is 39.7 Å². The Morgan fingerprint density at radius 3 is 2.39 bits per heavy atom. The maximum Gasteiger partial charge on any atom is 0.413 e. The average molecular weight is 517 g/mol. The van der Waals surface area contributed by atoms with Crippen molar-refractivity contribution in [3.63, 3.8) is 0 Å². The van der Waals surface area contributed by atoms with Crippen LogP contribution in [-0.4, -0.2) is 80.8 Å². The van der Waals surface area contributed by atoms with Crippen molar-refractivity contribution in [3.05, 3.63) is 58.7 Å². The Morgan fingerprint density at radius 2 is 1.81 bits per heavy atom. The van der Waals surface area contributed by atoms with E-state index >= 15 is 0 Å². The number of hydrogen-bond acceptors (Lipinski definition) is 7. The number of carbonyl (C=O) groups excluding carboxylic acids is 1. The van der Waals surface area contributed by atoms with Crippen LogP contribution in [-0.2, 0) is 21.2 Å². The molecule has 194 valence electrons. The van der Waals surface area contributed by atoms with Gasteiger partial charge in [-0.15, -0.1) is 0 Å². The second-order valence-electron chi connectivity index (χ2n) is 8.69. The van der Waals surface area contributed by atoms with E-state index < -0.39 is 15.9 Å². The van der Waals surface area contributed by atoms with Crippen molar-refractivity contribution < 1.29 is 27.9 Å². The fraction of sp³-hybridized carbons (Fsp3) is 0.400. The van der Waals surface area contributed by atoms with Crippen molar-refractivity contribution in [3.8, 4) is 5.75 Å². The van der Waals surface area contributed by atoms with Gasteiger partial charge in [0.05, 0.1) is 25.1 Å². The molecule has 1 heterocycles. The summed E-state index contributed by atoms with van der Waals surface area (Å²) in [6.45, 7) is 4.85. The van der Waals surface area contributed by atoms with E-state index in [1.54, 1.807) is 50.1 Å². The Hall–Kier alpha value is -3.44. The number of nitrogens with zero attached hydrogens (tertiary/aromatic N) is 3. The largest absolute Gasteiger partial charge is 0.497 e. The van der Waals surface area contributed by atoms with Gasteiger partial charge in [0.2, 0.25) is 5.91 Å². The quantitative estimate of drug-likeness (QED) is 0.464. The number of carbonyl (C=O) groups is 2. The van der Waals surface area contributed by atoms with Gasteiger partial charge in [0.25, 0.3) is 0 Å². The van der Waals surface area contributed by atoms with Gasteiger partial charge in [0.15, 0.2) is 9.84 Å². The highest BCUT2D eigenvalue weighted by Gasteiger charge is 2.24. The number of aliphatic imine (C=N–C) groups is 1. The Labute approximate surface area is 211 Å². The maximum absolute atomic E-state index is 12.8. The van der Waals surface area contributed by atoms with Gasteiger partial charge in [-0.2, -0.15) is 0 Å². The van der Waals surface area contributed by atoms with Crippen molar-refractivity contribution in [1.29, 1.82) is 0 Å². The van der Waals surface area contributed by atoms with Crippen LogP contribution < -0.4 is 10.1 Å². The number of aryl methyl sites for hydroxylation is 2. The second kappa shape index (κ2) is 11.5. The predicted molar refractivity (Wildman–Crippen MR) is 136 cm³/mol. The van der Waals surface area contributed by atoms with E-state index in [-0.39, 0.29) is 29.6 Å². The number of benzene rings is 2. The molecule has 0 aromatic heterocycles. The molecular weight excluding hydrogens is 484 g/mol. The van der Waals surface area contributed by atoms with Crippen LogP contribution in [0.2, 0.25) is 0 Å². The molecule has 0 saturated heterocycles. The van der Waals surface area contributed by atoms with E-state index in [2.05, 4.69) is 10.3 Å². The van der Waals surface area contributed by atoms with Crippen LogP contribution in [0.1, 0.15) is 28.7 Å². The molecule has 0 atom stereocenters. The molecule has 2 aromatic carbocycles. The van der Waals surface area contributed by atoms with Gasteiger partial charge in [0.1, 0.15) is 17.5 Å². The summed E-state index contributed by atoms with van der Waals surface area (Å²) in [6, 6.07) is 10.6. The zero-order chi connectivity index (χ0) is 26.5. The Balaban J connectivity index is 1.49. The van der Waals surface area contributed by atoms with Gasteiger partial charge < -0.3 is 20.1 Å². The molecule has 2 aromatic rings. The molecule has 0 saturated carbocycles. The van der Waals surface area contributed by atoms with Crippen molar-refractivity contribution in [2.24, 2.45) is 4.99 Å². The predicted octanol–water partition coefficient (Wildman–Crippen LogP) is 2.42. The minimum absolute atomic E-state index is 0.127. The minimum atomic E-state index is -3.58. The first-order valence-electron chi connectivity index (χ1n) is 11.5. The first-order valence-corrected chi connectivity index (χ1v) is 13.2. The zero-order valence-corrected chi connectivity index (χ0v) is 21.8. The average Bonchev–Trinajstić information content (AvgIpc) is 3.32. The van der Waals surface area contributed by atoms with Crippen LogP contribution in [0.4, 0.5) is 4.79 Å². The molecule has 0 fully saturated rings. The van der Waals surface area contributed by atoms with E-state index in [9.17, 15) is 23.1 Å². The van der Waals surface area contributed by atoms with Gasteiger partial charge >= 0.3 is 6.09 Å². The fourth-order valence-corrected chi connectivity index (χ4v) is 5.84. The highest BCUT2D eigenvalue weighted by Crippen LogP contribution is 2.26. The molecule has 1 aliphatic heterocycles. The molecule has 0 aliphatic carbocycles. The number of amidine groups is 1. The highest BCUT2D eigenvalue weighted by molar-refractivity contribution is 7.91. The number of rotatable bonds is 10. The van der Waals surface area contributed by atoms with Crippen LogP contribution in [0.3, 0.4) is 0 Å². The number of nitrogens with one attached hydrogen (secondary N) is 1. The summed E-state index contributed by atoms with van der Waals surface area (Å²) in [5, 5.41) is 12.1. The minimum Gasteiger partial charge on any atom is -0.497 e. The third-order valence-electron chi connectivity index (χ3n) is 5.92. The summed E-state index contributed by atoms with van der Waals surface area (Å²) in [5.41, 5.74) is 2.83.